The molecule has 2 aromatic carbocycles. The first-order valence-corrected chi connectivity index (χ1v) is 12.1. The highest BCUT2D eigenvalue weighted by atomic mass is 35.5. The molecule has 5 rings (SSSR count). The molecule has 1 amide bonds. The molecule has 1 aliphatic rings. The number of rotatable bonds is 4. The van der Waals surface area contributed by atoms with E-state index in [4.69, 9.17) is 11.6 Å². The van der Waals surface area contributed by atoms with Crippen molar-refractivity contribution < 1.29 is 9.90 Å². The lowest BCUT2D eigenvalue weighted by atomic mass is 9.92. The molecule has 34 heavy (non-hydrogen) atoms. The van der Waals surface area contributed by atoms with Crippen LogP contribution in [0.3, 0.4) is 0 Å². The molecule has 0 saturated carbocycles. The average molecular weight is 491 g/mol. The summed E-state index contributed by atoms with van der Waals surface area (Å²) in [4.78, 5) is 14.3. The van der Waals surface area contributed by atoms with Crippen molar-refractivity contribution in [2.24, 2.45) is 0 Å². The number of phenols is 1. The Bertz CT molecular complexity index is 1420. The van der Waals surface area contributed by atoms with Gasteiger partial charge in [-0.1, -0.05) is 29.8 Å². The predicted octanol–water partition coefficient (Wildman–Crippen LogP) is 6.17. The quantitative estimate of drug-likeness (QED) is 0.335. The van der Waals surface area contributed by atoms with Gasteiger partial charge in [0.2, 0.25) is 5.91 Å². The molecular formula is C26H23ClN4O2S. The van der Waals surface area contributed by atoms with Gasteiger partial charge in [-0.3, -0.25) is 9.36 Å². The molecule has 0 spiro atoms. The first-order valence-electron chi connectivity index (χ1n) is 10.9. The fraction of sp³-hybridized carbons (Fsp3) is 0.192. The summed E-state index contributed by atoms with van der Waals surface area (Å²) in [6.45, 7) is 6.19. The summed E-state index contributed by atoms with van der Waals surface area (Å²) in [5.41, 5.74) is 5.05. The van der Waals surface area contributed by atoms with Crippen LogP contribution in [0.4, 0.5) is 5.69 Å². The van der Waals surface area contributed by atoms with Crippen LogP contribution in [0.5, 0.6) is 5.75 Å². The van der Waals surface area contributed by atoms with Gasteiger partial charge in [0.25, 0.3) is 0 Å². The zero-order valence-corrected chi connectivity index (χ0v) is 20.5. The van der Waals surface area contributed by atoms with Gasteiger partial charge in [-0.05, 0) is 73.9 Å². The monoisotopic (exact) mass is 490 g/mol. The van der Waals surface area contributed by atoms with Crippen LogP contribution in [-0.4, -0.2) is 25.8 Å². The van der Waals surface area contributed by atoms with Gasteiger partial charge in [0.15, 0.2) is 0 Å². The Kier molecular flexibility index (Phi) is 5.75. The Morgan fingerprint density at radius 1 is 1.09 bits per heavy atom. The van der Waals surface area contributed by atoms with Crippen molar-refractivity contribution in [3.8, 4) is 10.8 Å². The van der Waals surface area contributed by atoms with E-state index >= 15 is 0 Å². The van der Waals surface area contributed by atoms with Crippen molar-refractivity contribution in [2.45, 2.75) is 33.1 Å². The van der Waals surface area contributed by atoms with E-state index < -0.39 is 0 Å². The number of benzene rings is 2. The Labute approximate surface area is 206 Å². The minimum atomic E-state index is -0.289. The van der Waals surface area contributed by atoms with E-state index in [2.05, 4.69) is 40.0 Å². The summed E-state index contributed by atoms with van der Waals surface area (Å²) in [5.74, 6) is 1.24. The number of hydrogen-bond donors (Lipinski definition) is 2. The lowest BCUT2D eigenvalue weighted by molar-refractivity contribution is -0.116. The molecule has 0 bridgehead atoms. The fourth-order valence-corrected chi connectivity index (χ4v) is 5.64. The van der Waals surface area contributed by atoms with E-state index in [0.29, 0.717) is 10.7 Å². The van der Waals surface area contributed by atoms with E-state index in [1.54, 1.807) is 35.6 Å². The number of allylic oxidation sites excluding steroid dienone is 1. The fourth-order valence-electron chi connectivity index (χ4n) is 4.29. The molecule has 4 aromatic rings. The topological polar surface area (TPSA) is 80.0 Å². The van der Waals surface area contributed by atoms with Crippen LogP contribution < -0.4 is 5.32 Å². The number of aryl methyl sites for hydroxylation is 2. The summed E-state index contributed by atoms with van der Waals surface area (Å²) in [6.07, 6.45) is 2.33. The second kappa shape index (κ2) is 8.74. The number of phenolic OH excluding ortho intramolecular Hbond substituents is 1. The molecule has 1 atom stereocenters. The number of fused-ring (bicyclic) bond motifs is 3. The highest BCUT2D eigenvalue weighted by Gasteiger charge is 2.31. The lowest BCUT2D eigenvalue weighted by Crippen LogP contribution is -2.16. The van der Waals surface area contributed by atoms with Gasteiger partial charge < -0.3 is 10.4 Å². The van der Waals surface area contributed by atoms with Crippen molar-refractivity contribution in [3.63, 3.8) is 0 Å². The molecule has 1 aliphatic heterocycles. The first-order chi connectivity index (χ1) is 16.3. The number of carbonyl (C=O) groups excluding carboxylic acids is 1. The van der Waals surface area contributed by atoms with Gasteiger partial charge in [-0.2, -0.15) is 0 Å². The number of aromatic nitrogens is 3. The molecule has 0 radical (unpaired) electrons. The molecule has 6 nitrogen and oxygen atoms in total. The maximum Gasteiger partial charge on any atom is 0.225 e. The number of carbonyl (C=O) groups is 1. The number of halogens is 1. The van der Waals surface area contributed by atoms with Gasteiger partial charge in [0, 0.05) is 33.5 Å². The van der Waals surface area contributed by atoms with Gasteiger partial charge in [-0.25, -0.2) is 0 Å². The number of thiophene rings is 1. The van der Waals surface area contributed by atoms with E-state index in [1.807, 2.05) is 31.2 Å². The normalized spacial score (nSPS) is 14.7. The van der Waals surface area contributed by atoms with Crippen molar-refractivity contribution in [2.75, 3.05) is 5.32 Å². The molecule has 8 heteroatoms. The molecule has 172 valence electrons. The third-order valence-electron chi connectivity index (χ3n) is 6.10. The van der Waals surface area contributed by atoms with E-state index in [-0.39, 0.29) is 24.0 Å². The maximum atomic E-state index is 13.0. The minimum absolute atomic E-state index is 0.146. The summed E-state index contributed by atoms with van der Waals surface area (Å²) in [5, 5.41) is 23.0. The standard InChI is InChI=1S/C26H23ClN4O2S/c1-14-15(2)34-26-24(14)22(17-4-6-19(27)7-5-17)12-18(25-30-29-16(3)31(25)26)13-23(33)28-20-8-10-21(32)11-9-20/h4-12,18,32H,13H2,1-3H3,(H,28,33)/t18-/m0/s1. The van der Waals surface area contributed by atoms with Crippen LogP contribution >= 0.6 is 22.9 Å². The molecule has 3 heterocycles. The van der Waals surface area contributed by atoms with E-state index in [1.165, 1.54) is 10.4 Å². The molecule has 0 aliphatic carbocycles. The van der Waals surface area contributed by atoms with Gasteiger partial charge >= 0.3 is 0 Å². The highest BCUT2D eigenvalue weighted by Crippen LogP contribution is 2.44. The van der Waals surface area contributed by atoms with Crippen LogP contribution in [-0.2, 0) is 4.79 Å². The van der Waals surface area contributed by atoms with Crippen LogP contribution in [0.1, 0.15) is 45.6 Å². The third-order valence-corrected chi connectivity index (χ3v) is 7.54. The maximum absolute atomic E-state index is 13.0. The zero-order valence-electron chi connectivity index (χ0n) is 19.0. The molecule has 0 fully saturated rings. The van der Waals surface area contributed by atoms with Crippen LogP contribution in [0.15, 0.2) is 54.6 Å². The molecule has 2 aromatic heterocycles. The number of amides is 1. The number of hydrogen-bond acceptors (Lipinski definition) is 5. The lowest BCUT2D eigenvalue weighted by Gasteiger charge is -2.13. The Morgan fingerprint density at radius 3 is 2.50 bits per heavy atom. The number of anilines is 1. The minimum Gasteiger partial charge on any atom is -0.508 e. The average Bonchev–Trinajstić information content (AvgIpc) is 3.28. The number of nitrogens with zero attached hydrogens (tertiary/aromatic N) is 3. The highest BCUT2D eigenvalue weighted by molar-refractivity contribution is 7.15. The van der Waals surface area contributed by atoms with E-state index in [9.17, 15) is 9.90 Å². The first kappa shape index (κ1) is 22.4. The molecule has 0 unspecified atom stereocenters. The Hall–Kier alpha value is -3.42. The number of nitrogens with one attached hydrogen (secondary N) is 1. The summed E-state index contributed by atoms with van der Waals surface area (Å²) >= 11 is 7.88. The third kappa shape index (κ3) is 4.02. The zero-order chi connectivity index (χ0) is 24.0. The smallest absolute Gasteiger partial charge is 0.225 e. The van der Waals surface area contributed by atoms with Crippen LogP contribution in [0, 0.1) is 20.8 Å². The van der Waals surface area contributed by atoms with Crippen molar-refractivity contribution >= 4 is 40.1 Å². The van der Waals surface area contributed by atoms with Crippen LogP contribution in [0.2, 0.25) is 5.02 Å². The Morgan fingerprint density at radius 2 is 1.79 bits per heavy atom. The second-order valence-electron chi connectivity index (χ2n) is 8.40. The van der Waals surface area contributed by atoms with Crippen molar-refractivity contribution in [3.05, 3.63) is 92.8 Å². The largest absolute Gasteiger partial charge is 0.508 e. The SMILES string of the molecule is Cc1sc2c(c1C)C(c1ccc(Cl)cc1)=C[C@@H](CC(=O)Nc1ccc(O)cc1)c1nnc(C)n1-2. The van der Waals surface area contributed by atoms with Gasteiger partial charge in [0.05, 0.1) is 0 Å². The summed E-state index contributed by atoms with van der Waals surface area (Å²) < 4.78 is 2.08. The summed E-state index contributed by atoms with van der Waals surface area (Å²) in [6, 6.07) is 14.2. The molecule has 2 N–H and O–H groups in total. The van der Waals surface area contributed by atoms with Gasteiger partial charge in [0.1, 0.15) is 22.4 Å². The van der Waals surface area contributed by atoms with E-state index in [0.717, 1.165) is 33.3 Å². The summed E-state index contributed by atoms with van der Waals surface area (Å²) in [7, 11) is 0. The number of aromatic hydroxyl groups is 1. The predicted molar refractivity (Wildman–Crippen MR) is 136 cm³/mol. The molecular weight excluding hydrogens is 468 g/mol. The van der Waals surface area contributed by atoms with Gasteiger partial charge in [-0.15, -0.1) is 21.5 Å². The van der Waals surface area contributed by atoms with Crippen molar-refractivity contribution in [1.82, 2.24) is 14.8 Å². The molecule has 0 saturated heterocycles. The Balaban J connectivity index is 1.61. The van der Waals surface area contributed by atoms with Crippen molar-refractivity contribution in [1.29, 1.82) is 0 Å². The second-order valence-corrected chi connectivity index (χ2v) is 10.0. The van der Waals surface area contributed by atoms with Crippen LogP contribution in [0.25, 0.3) is 10.6 Å².